The lowest BCUT2D eigenvalue weighted by atomic mass is 10.1. The molecule has 160 valence electrons. The average Bonchev–Trinajstić information content (AvgIpc) is 3.28. The van der Waals surface area contributed by atoms with E-state index in [1.54, 1.807) is 23.1 Å². The minimum absolute atomic E-state index is 0.201. The molecule has 0 aliphatic carbocycles. The molecule has 1 aromatic carbocycles. The van der Waals surface area contributed by atoms with Gasteiger partial charge in [-0.25, -0.2) is 4.39 Å². The van der Waals surface area contributed by atoms with Crippen LogP contribution in [0.4, 0.5) is 21.5 Å². The molecule has 0 spiro atoms. The van der Waals surface area contributed by atoms with E-state index in [4.69, 9.17) is 9.15 Å². The lowest BCUT2D eigenvalue weighted by Crippen LogP contribution is -2.54. The maximum Gasteiger partial charge on any atom is 0.295 e. The second kappa shape index (κ2) is 8.31. The first kappa shape index (κ1) is 20.1. The highest BCUT2D eigenvalue weighted by molar-refractivity contribution is 5.92. The van der Waals surface area contributed by atoms with Gasteiger partial charge in [0.05, 0.1) is 36.2 Å². The third-order valence-electron chi connectivity index (χ3n) is 5.55. The number of carbonyl (C=O) groups excluding carboxylic acids is 1. The Morgan fingerprint density at radius 3 is 2.57 bits per heavy atom. The molecule has 2 aliphatic heterocycles. The molecule has 4 rings (SSSR count). The number of halogens is 1. The van der Waals surface area contributed by atoms with Crippen LogP contribution in [0.25, 0.3) is 0 Å². The number of piperazine rings is 1. The van der Waals surface area contributed by atoms with E-state index in [1.165, 1.54) is 6.26 Å². The van der Waals surface area contributed by atoms with E-state index < -0.39 is 10.7 Å². The standard InChI is InChI=1S/C20H23FN4O5/c1-14-13-23(4-5-24(14)20(26)19-3-2-8-30-19)17-12-16(22-6-9-29-10-7-22)15(21)11-18(17)25(27)28/h2-3,8,11-12,14H,4-7,9-10,13H2,1H3/t14-/m0/s1. The number of anilines is 2. The Kier molecular flexibility index (Phi) is 5.58. The number of morpholine rings is 1. The fraction of sp³-hybridized carbons (Fsp3) is 0.450. The predicted octanol–water partition coefficient (Wildman–Crippen LogP) is 2.51. The summed E-state index contributed by atoms with van der Waals surface area (Å²) in [5.41, 5.74) is 0.419. The summed E-state index contributed by atoms with van der Waals surface area (Å²) in [5.74, 6) is -0.570. The molecule has 0 N–H and O–H groups in total. The van der Waals surface area contributed by atoms with Gasteiger partial charge >= 0.3 is 0 Å². The van der Waals surface area contributed by atoms with E-state index in [1.807, 2.05) is 16.7 Å². The summed E-state index contributed by atoms with van der Waals surface area (Å²) < 4.78 is 25.2. The van der Waals surface area contributed by atoms with Crippen molar-refractivity contribution in [1.29, 1.82) is 0 Å². The van der Waals surface area contributed by atoms with E-state index in [9.17, 15) is 19.3 Å². The molecule has 1 aromatic heterocycles. The van der Waals surface area contributed by atoms with Crippen molar-refractivity contribution >= 4 is 23.0 Å². The van der Waals surface area contributed by atoms with Crippen LogP contribution in [0.2, 0.25) is 0 Å². The SMILES string of the molecule is C[C@H]1CN(c2cc(N3CCOCC3)c(F)cc2[N+](=O)[O-])CCN1C(=O)c1ccco1. The summed E-state index contributed by atoms with van der Waals surface area (Å²) in [4.78, 5) is 29.1. The molecule has 0 saturated carbocycles. The zero-order valence-corrected chi connectivity index (χ0v) is 16.6. The molecule has 10 heteroatoms. The molecular formula is C20H23FN4O5. The number of rotatable bonds is 4. The number of furan rings is 1. The fourth-order valence-corrected chi connectivity index (χ4v) is 4.01. The van der Waals surface area contributed by atoms with Crippen LogP contribution in [0.5, 0.6) is 0 Å². The molecule has 2 aliphatic rings. The second-order valence-corrected chi connectivity index (χ2v) is 7.42. The molecule has 9 nitrogen and oxygen atoms in total. The van der Waals surface area contributed by atoms with Crippen LogP contribution in [-0.4, -0.2) is 67.7 Å². The minimum atomic E-state index is -0.618. The van der Waals surface area contributed by atoms with Gasteiger partial charge in [0.1, 0.15) is 5.69 Å². The molecule has 3 heterocycles. The Hall–Kier alpha value is -3.14. The summed E-state index contributed by atoms with van der Waals surface area (Å²) in [7, 11) is 0. The monoisotopic (exact) mass is 418 g/mol. The van der Waals surface area contributed by atoms with Crippen LogP contribution in [0.3, 0.4) is 0 Å². The van der Waals surface area contributed by atoms with Crippen LogP contribution in [0.15, 0.2) is 34.9 Å². The maximum atomic E-state index is 14.7. The van der Waals surface area contributed by atoms with Gasteiger partial charge in [-0.2, -0.15) is 0 Å². The number of nitro benzene ring substituents is 1. The first-order valence-corrected chi connectivity index (χ1v) is 9.85. The molecule has 0 bridgehead atoms. The molecule has 1 atom stereocenters. The topological polar surface area (TPSA) is 92.3 Å². The lowest BCUT2D eigenvalue weighted by molar-refractivity contribution is -0.384. The quantitative estimate of drug-likeness (QED) is 0.556. The van der Waals surface area contributed by atoms with Crippen molar-refractivity contribution in [3.63, 3.8) is 0 Å². The molecule has 0 radical (unpaired) electrons. The number of ether oxygens (including phenoxy) is 1. The predicted molar refractivity (Wildman–Crippen MR) is 108 cm³/mol. The summed E-state index contributed by atoms with van der Waals surface area (Å²) >= 11 is 0. The molecule has 30 heavy (non-hydrogen) atoms. The lowest BCUT2D eigenvalue weighted by Gasteiger charge is -2.40. The normalized spacial score (nSPS) is 19.8. The maximum absolute atomic E-state index is 14.7. The zero-order chi connectivity index (χ0) is 21.3. The zero-order valence-electron chi connectivity index (χ0n) is 16.6. The van der Waals surface area contributed by atoms with Crippen LogP contribution >= 0.6 is 0 Å². The Morgan fingerprint density at radius 2 is 1.93 bits per heavy atom. The molecule has 2 saturated heterocycles. The minimum Gasteiger partial charge on any atom is -0.459 e. The van der Waals surface area contributed by atoms with Crippen molar-refractivity contribution < 1.29 is 23.3 Å². The van der Waals surface area contributed by atoms with E-state index >= 15 is 0 Å². The number of benzene rings is 1. The van der Waals surface area contributed by atoms with Gasteiger partial charge in [-0.1, -0.05) is 0 Å². The molecule has 2 fully saturated rings. The second-order valence-electron chi connectivity index (χ2n) is 7.42. The molecular weight excluding hydrogens is 395 g/mol. The highest BCUT2D eigenvalue weighted by atomic mass is 19.1. The molecule has 0 unspecified atom stereocenters. The average molecular weight is 418 g/mol. The summed E-state index contributed by atoms with van der Waals surface area (Å²) in [6, 6.07) is 5.61. The van der Waals surface area contributed by atoms with Crippen molar-refractivity contribution in [1.82, 2.24) is 4.90 Å². The van der Waals surface area contributed by atoms with Crippen molar-refractivity contribution in [3.8, 4) is 0 Å². The third-order valence-corrected chi connectivity index (χ3v) is 5.55. The van der Waals surface area contributed by atoms with Gasteiger partial charge in [0, 0.05) is 38.8 Å². The van der Waals surface area contributed by atoms with Gasteiger partial charge in [-0.15, -0.1) is 0 Å². The molecule has 1 amide bonds. The van der Waals surface area contributed by atoms with Gasteiger partial charge in [-0.05, 0) is 25.1 Å². The third kappa shape index (κ3) is 3.82. The van der Waals surface area contributed by atoms with Crippen LogP contribution in [-0.2, 0) is 4.74 Å². The van der Waals surface area contributed by atoms with Crippen LogP contribution < -0.4 is 9.80 Å². The summed E-state index contributed by atoms with van der Waals surface area (Å²) in [6.45, 7) is 5.05. The number of carbonyl (C=O) groups is 1. The Balaban J connectivity index is 1.60. The first-order chi connectivity index (χ1) is 14.5. The Morgan fingerprint density at radius 1 is 1.17 bits per heavy atom. The molecule has 2 aromatic rings. The van der Waals surface area contributed by atoms with Gasteiger partial charge in [0.15, 0.2) is 11.6 Å². The van der Waals surface area contributed by atoms with E-state index in [0.29, 0.717) is 57.3 Å². The number of hydrogen-bond acceptors (Lipinski definition) is 7. The van der Waals surface area contributed by atoms with E-state index in [2.05, 4.69) is 0 Å². The van der Waals surface area contributed by atoms with Gasteiger partial charge in [0.2, 0.25) is 0 Å². The first-order valence-electron chi connectivity index (χ1n) is 9.85. The number of nitro groups is 1. The highest BCUT2D eigenvalue weighted by Gasteiger charge is 2.33. The van der Waals surface area contributed by atoms with Gasteiger partial charge in [-0.3, -0.25) is 14.9 Å². The fourth-order valence-electron chi connectivity index (χ4n) is 4.01. The smallest absolute Gasteiger partial charge is 0.295 e. The van der Waals surface area contributed by atoms with E-state index in [0.717, 1.165) is 6.07 Å². The number of hydrogen-bond donors (Lipinski definition) is 0. The van der Waals surface area contributed by atoms with Crippen molar-refractivity contribution in [2.75, 3.05) is 55.7 Å². The number of amides is 1. The largest absolute Gasteiger partial charge is 0.459 e. The van der Waals surface area contributed by atoms with E-state index in [-0.39, 0.29) is 23.4 Å². The number of nitrogens with zero attached hydrogens (tertiary/aromatic N) is 4. The Bertz CT molecular complexity index is 930. The highest BCUT2D eigenvalue weighted by Crippen LogP contribution is 2.36. The van der Waals surface area contributed by atoms with Gasteiger partial charge in [0.25, 0.3) is 11.6 Å². The van der Waals surface area contributed by atoms with Crippen molar-refractivity contribution in [3.05, 3.63) is 52.2 Å². The summed E-state index contributed by atoms with van der Waals surface area (Å²) in [6.07, 6.45) is 1.45. The van der Waals surface area contributed by atoms with Crippen molar-refractivity contribution in [2.45, 2.75) is 13.0 Å². The van der Waals surface area contributed by atoms with Crippen LogP contribution in [0.1, 0.15) is 17.5 Å². The summed E-state index contributed by atoms with van der Waals surface area (Å²) in [5, 5.41) is 11.6. The van der Waals surface area contributed by atoms with Crippen LogP contribution in [0, 0.1) is 15.9 Å². The van der Waals surface area contributed by atoms with Crippen molar-refractivity contribution in [2.24, 2.45) is 0 Å². The van der Waals surface area contributed by atoms with Gasteiger partial charge < -0.3 is 23.9 Å². The Labute approximate surface area is 172 Å².